The van der Waals surface area contributed by atoms with E-state index in [1.807, 2.05) is 31.3 Å². The lowest BCUT2D eigenvalue weighted by molar-refractivity contribution is -0.138. The third-order valence-electron chi connectivity index (χ3n) is 2.45. The molecule has 1 aromatic heterocycles. The Labute approximate surface area is 103 Å². The average molecular weight is 263 g/mol. The lowest BCUT2D eigenvalue weighted by atomic mass is 10.3. The zero-order valence-electron chi connectivity index (χ0n) is 10.4. The molecule has 0 aliphatic rings. The summed E-state index contributed by atoms with van der Waals surface area (Å²) in [6.07, 6.45) is -4.39. The van der Waals surface area contributed by atoms with Crippen LogP contribution in [0, 0.1) is 13.8 Å². The molecule has 0 saturated heterocycles. The molecular formula is C11H16F3N3O. The Bertz CT molecular complexity index is 406. The molecule has 0 spiro atoms. The molecular weight excluding hydrogens is 247 g/mol. The molecule has 1 amide bonds. The molecule has 0 aromatic carbocycles. The minimum absolute atomic E-state index is 0.695. The maximum Gasteiger partial charge on any atom is 0.405 e. The van der Waals surface area contributed by atoms with Gasteiger partial charge in [0, 0.05) is 11.4 Å². The van der Waals surface area contributed by atoms with E-state index in [9.17, 15) is 18.0 Å². The van der Waals surface area contributed by atoms with Gasteiger partial charge >= 0.3 is 6.18 Å². The predicted octanol–water partition coefficient (Wildman–Crippen LogP) is 1.72. The van der Waals surface area contributed by atoms with Crippen LogP contribution in [0.3, 0.4) is 0 Å². The van der Waals surface area contributed by atoms with E-state index in [2.05, 4.69) is 5.43 Å². The van der Waals surface area contributed by atoms with Gasteiger partial charge in [-0.3, -0.25) is 9.47 Å². The van der Waals surface area contributed by atoms with Crippen LogP contribution in [0.2, 0.25) is 0 Å². The largest absolute Gasteiger partial charge is 0.405 e. The topological polar surface area (TPSA) is 46.1 Å². The van der Waals surface area contributed by atoms with E-state index < -0.39 is 24.7 Å². The lowest BCUT2D eigenvalue weighted by Gasteiger charge is -2.19. The highest BCUT2D eigenvalue weighted by Crippen LogP contribution is 2.12. The molecule has 0 radical (unpaired) electrons. The third-order valence-corrected chi connectivity index (χ3v) is 2.45. The normalized spacial score (nSPS) is 13.2. The molecule has 0 saturated carbocycles. The number of nitrogens with one attached hydrogen (secondary N) is 2. The van der Waals surface area contributed by atoms with Crippen molar-refractivity contribution in [2.45, 2.75) is 33.0 Å². The average Bonchev–Trinajstić information content (AvgIpc) is 2.56. The van der Waals surface area contributed by atoms with Crippen molar-refractivity contribution in [3.8, 4) is 0 Å². The first-order valence-electron chi connectivity index (χ1n) is 5.46. The van der Waals surface area contributed by atoms with E-state index in [4.69, 9.17) is 0 Å². The number of carbonyl (C=O) groups excluding carboxylic acids is 1. The summed E-state index contributed by atoms with van der Waals surface area (Å²) in [4.78, 5) is 11.5. The van der Waals surface area contributed by atoms with Gasteiger partial charge in [0.05, 0.1) is 0 Å². The number of hydrogen-bond donors (Lipinski definition) is 2. The molecule has 0 fully saturated rings. The van der Waals surface area contributed by atoms with Crippen LogP contribution in [0.15, 0.2) is 12.1 Å². The minimum Gasteiger partial charge on any atom is -0.345 e. The van der Waals surface area contributed by atoms with Crippen molar-refractivity contribution in [1.82, 2.24) is 9.99 Å². The van der Waals surface area contributed by atoms with Crippen molar-refractivity contribution in [3.05, 3.63) is 23.5 Å². The highest BCUT2D eigenvalue weighted by Gasteiger charge is 2.28. The first-order chi connectivity index (χ1) is 8.20. The standard InChI is InChI=1S/C11H16F3N3O/c1-7-4-5-8(2)17(7)16-9(3)10(18)15-6-11(12,13)14/h4-5,9,16H,6H2,1-3H3,(H,15,18). The van der Waals surface area contributed by atoms with Crippen LogP contribution in [0.1, 0.15) is 18.3 Å². The van der Waals surface area contributed by atoms with Crippen LogP contribution >= 0.6 is 0 Å². The van der Waals surface area contributed by atoms with Crippen LogP contribution in [-0.2, 0) is 4.79 Å². The molecule has 2 N–H and O–H groups in total. The summed E-state index contributed by atoms with van der Waals surface area (Å²) in [5.74, 6) is -0.695. The molecule has 4 nitrogen and oxygen atoms in total. The summed E-state index contributed by atoms with van der Waals surface area (Å²) in [7, 11) is 0. The Hall–Kier alpha value is -1.66. The van der Waals surface area contributed by atoms with Crippen molar-refractivity contribution in [2.75, 3.05) is 12.0 Å². The zero-order chi connectivity index (χ0) is 13.9. The number of aryl methyl sites for hydroxylation is 2. The number of carbonyl (C=O) groups is 1. The molecule has 1 rings (SSSR count). The molecule has 18 heavy (non-hydrogen) atoms. The molecule has 7 heteroatoms. The summed E-state index contributed by atoms with van der Waals surface area (Å²) in [5.41, 5.74) is 4.59. The Morgan fingerprint density at radius 3 is 2.28 bits per heavy atom. The summed E-state index contributed by atoms with van der Waals surface area (Å²) >= 11 is 0. The second kappa shape index (κ2) is 5.32. The number of alkyl halides is 3. The van der Waals surface area contributed by atoms with Crippen LogP contribution in [0.5, 0.6) is 0 Å². The summed E-state index contributed by atoms with van der Waals surface area (Å²) in [5, 5.41) is 1.83. The lowest BCUT2D eigenvalue weighted by Crippen LogP contribution is -2.44. The highest BCUT2D eigenvalue weighted by atomic mass is 19.4. The van der Waals surface area contributed by atoms with E-state index in [1.54, 1.807) is 4.68 Å². The smallest absolute Gasteiger partial charge is 0.345 e. The molecule has 1 heterocycles. The maximum absolute atomic E-state index is 11.9. The number of aromatic nitrogens is 1. The Morgan fingerprint density at radius 1 is 1.33 bits per heavy atom. The molecule has 102 valence electrons. The fourth-order valence-corrected chi connectivity index (χ4v) is 1.46. The van der Waals surface area contributed by atoms with Gasteiger partial charge in [-0.05, 0) is 32.9 Å². The van der Waals surface area contributed by atoms with Gasteiger partial charge in [0.15, 0.2) is 0 Å². The molecule has 0 aliphatic carbocycles. The fourth-order valence-electron chi connectivity index (χ4n) is 1.46. The van der Waals surface area contributed by atoms with Gasteiger partial charge in [-0.25, -0.2) is 0 Å². The van der Waals surface area contributed by atoms with E-state index in [1.165, 1.54) is 6.92 Å². The van der Waals surface area contributed by atoms with E-state index in [-0.39, 0.29) is 0 Å². The summed E-state index contributed by atoms with van der Waals surface area (Å²) < 4.78 is 37.5. The number of nitrogens with zero attached hydrogens (tertiary/aromatic N) is 1. The molecule has 1 atom stereocenters. The number of hydrogen-bond acceptors (Lipinski definition) is 2. The van der Waals surface area contributed by atoms with E-state index in [0.717, 1.165) is 11.4 Å². The monoisotopic (exact) mass is 263 g/mol. The zero-order valence-corrected chi connectivity index (χ0v) is 10.4. The first-order valence-corrected chi connectivity index (χ1v) is 5.46. The van der Waals surface area contributed by atoms with E-state index in [0.29, 0.717) is 0 Å². The number of rotatable bonds is 4. The first kappa shape index (κ1) is 14.4. The molecule has 1 aromatic rings. The van der Waals surface area contributed by atoms with Crippen molar-refractivity contribution >= 4 is 5.91 Å². The van der Waals surface area contributed by atoms with Crippen molar-refractivity contribution in [3.63, 3.8) is 0 Å². The number of halogens is 3. The quantitative estimate of drug-likeness (QED) is 0.868. The van der Waals surface area contributed by atoms with Gasteiger partial charge in [0.25, 0.3) is 0 Å². The van der Waals surface area contributed by atoms with Gasteiger partial charge in [-0.2, -0.15) is 13.2 Å². The Kier molecular flexibility index (Phi) is 4.26. The van der Waals surface area contributed by atoms with Gasteiger partial charge < -0.3 is 10.7 Å². The maximum atomic E-state index is 11.9. The molecule has 1 unspecified atom stereocenters. The van der Waals surface area contributed by atoms with Gasteiger partial charge in [0.1, 0.15) is 12.6 Å². The van der Waals surface area contributed by atoms with Crippen LogP contribution in [0.4, 0.5) is 13.2 Å². The summed E-state index contributed by atoms with van der Waals surface area (Å²) in [6, 6.07) is 2.95. The SMILES string of the molecule is Cc1ccc(C)n1NC(C)C(=O)NCC(F)(F)F. The van der Waals surface area contributed by atoms with Crippen molar-refractivity contribution in [2.24, 2.45) is 0 Å². The van der Waals surface area contributed by atoms with Crippen LogP contribution in [-0.4, -0.2) is 29.3 Å². The summed E-state index contributed by atoms with van der Waals surface area (Å²) in [6.45, 7) is 3.85. The Balaban J connectivity index is 2.55. The van der Waals surface area contributed by atoms with E-state index >= 15 is 0 Å². The highest BCUT2D eigenvalue weighted by molar-refractivity contribution is 5.82. The van der Waals surface area contributed by atoms with Crippen LogP contribution in [0.25, 0.3) is 0 Å². The van der Waals surface area contributed by atoms with Gasteiger partial charge in [-0.1, -0.05) is 0 Å². The Morgan fingerprint density at radius 2 is 1.83 bits per heavy atom. The third kappa shape index (κ3) is 3.97. The van der Waals surface area contributed by atoms with Gasteiger partial charge in [-0.15, -0.1) is 0 Å². The molecule has 0 aliphatic heterocycles. The second-order valence-corrected chi connectivity index (χ2v) is 4.14. The molecule has 0 bridgehead atoms. The van der Waals surface area contributed by atoms with Gasteiger partial charge in [0.2, 0.25) is 5.91 Å². The minimum atomic E-state index is -4.39. The second-order valence-electron chi connectivity index (χ2n) is 4.14. The fraction of sp³-hybridized carbons (Fsp3) is 0.545. The van der Waals surface area contributed by atoms with Crippen LogP contribution < -0.4 is 10.7 Å². The van der Waals surface area contributed by atoms with Crippen molar-refractivity contribution in [1.29, 1.82) is 0 Å². The van der Waals surface area contributed by atoms with Crippen molar-refractivity contribution < 1.29 is 18.0 Å². The predicted molar refractivity (Wildman–Crippen MR) is 61.8 cm³/mol. The number of amides is 1.